The Morgan fingerprint density at radius 3 is 2.88 bits per heavy atom. The van der Waals surface area contributed by atoms with Crippen molar-refractivity contribution in [1.29, 1.82) is 0 Å². The molecule has 84 valence electrons. The van der Waals surface area contributed by atoms with E-state index in [2.05, 4.69) is 4.98 Å². The predicted molar refractivity (Wildman–Crippen MR) is 74.5 cm³/mol. The first-order valence-corrected chi connectivity index (χ1v) is 7.18. The van der Waals surface area contributed by atoms with Gasteiger partial charge < -0.3 is 5.73 Å². The maximum absolute atomic E-state index is 13.4. The molecule has 0 atom stereocenters. The number of anilines is 1. The average molecular weight is 366 g/mol. The highest BCUT2D eigenvalue weighted by molar-refractivity contribution is 14.1. The molecule has 0 fully saturated rings. The first-order valence-electron chi connectivity index (χ1n) is 4.41. The van der Waals surface area contributed by atoms with Gasteiger partial charge in [-0.2, -0.15) is 0 Å². The Kier molecular flexibility index (Phi) is 3.70. The number of aromatic nitrogens is 1. The molecule has 1 aromatic heterocycles. The van der Waals surface area contributed by atoms with Crippen molar-refractivity contribution in [2.45, 2.75) is 16.2 Å². The van der Waals surface area contributed by atoms with Gasteiger partial charge in [-0.1, -0.05) is 11.8 Å². The number of nitrogens with two attached hydrogens (primary N) is 1. The molecule has 0 unspecified atom stereocenters. The van der Waals surface area contributed by atoms with Crippen molar-refractivity contribution in [2.24, 2.45) is 0 Å². The fourth-order valence-corrected chi connectivity index (χ4v) is 3.44. The second-order valence-electron chi connectivity index (χ2n) is 3.16. The van der Waals surface area contributed by atoms with Crippen LogP contribution in [-0.4, -0.2) is 4.98 Å². The molecule has 0 radical (unpaired) electrons. The molecule has 0 amide bonds. The van der Waals surface area contributed by atoms with Gasteiger partial charge in [-0.25, -0.2) is 9.37 Å². The van der Waals surface area contributed by atoms with E-state index in [1.165, 1.54) is 29.2 Å². The lowest BCUT2D eigenvalue weighted by Crippen LogP contribution is -1.92. The molecular weight excluding hydrogens is 358 g/mol. The Labute approximate surface area is 115 Å². The van der Waals surface area contributed by atoms with Gasteiger partial charge in [-0.3, -0.25) is 0 Å². The zero-order valence-corrected chi connectivity index (χ0v) is 12.1. The van der Waals surface area contributed by atoms with E-state index in [4.69, 9.17) is 5.73 Å². The van der Waals surface area contributed by atoms with E-state index in [0.717, 1.165) is 10.0 Å². The van der Waals surface area contributed by atoms with Crippen molar-refractivity contribution in [3.63, 3.8) is 0 Å². The SMILES string of the molecule is Cc1csc(Sc2cc(F)c(I)cc2N)n1. The minimum atomic E-state index is -0.245. The molecule has 0 bridgehead atoms. The fraction of sp³-hybridized carbons (Fsp3) is 0.100. The molecule has 2 nitrogen and oxygen atoms in total. The van der Waals surface area contributed by atoms with Crippen LogP contribution in [0, 0.1) is 16.3 Å². The van der Waals surface area contributed by atoms with Crippen LogP contribution in [0.4, 0.5) is 10.1 Å². The summed E-state index contributed by atoms with van der Waals surface area (Å²) in [5, 5.41) is 1.96. The van der Waals surface area contributed by atoms with Crippen molar-refractivity contribution >= 4 is 51.4 Å². The summed E-state index contributed by atoms with van der Waals surface area (Å²) in [4.78, 5) is 5.02. The predicted octanol–water partition coefficient (Wildman–Crippen LogP) is 3.93. The number of halogens is 2. The van der Waals surface area contributed by atoms with Crippen LogP contribution in [0.5, 0.6) is 0 Å². The zero-order valence-electron chi connectivity index (χ0n) is 8.33. The monoisotopic (exact) mass is 366 g/mol. The minimum Gasteiger partial charge on any atom is -0.398 e. The van der Waals surface area contributed by atoms with Gasteiger partial charge in [-0.15, -0.1) is 11.3 Å². The van der Waals surface area contributed by atoms with Crippen LogP contribution in [0.2, 0.25) is 0 Å². The third-order valence-electron chi connectivity index (χ3n) is 1.85. The third kappa shape index (κ3) is 2.67. The van der Waals surface area contributed by atoms with E-state index in [9.17, 15) is 4.39 Å². The normalized spacial score (nSPS) is 10.7. The molecule has 0 saturated heterocycles. The molecule has 0 aliphatic carbocycles. The summed E-state index contributed by atoms with van der Waals surface area (Å²) in [6, 6.07) is 3.09. The Balaban J connectivity index is 2.31. The van der Waals surface area contributed by atoms with Gasteiger partial charge in [0.2, 0.25) is 0 Å². The number of nitrogen functional groups attached to an aromatic ring is 1. The quantitative estimate of drug-likeness (QED) is 0.647. The summed E-state index contributed by atoms with van der Waals surface area (Å²) in [7, 11) is 0. The van der Waals surface area contributed by atoms with Crippen LogP contribution in [0.25, 0.3) is 0 Å². The van der Waals surface area contributed by atoms with E-state index in [1.54, 1.807) is 6.07 Å². The highest BCUT2D eigenvalue weighted by atomic mass is 127. The molecule has 1 aromatic carbocycles. The number of hydrogen-bond donors (Lipinski definition) is 1. The zero-order chi connectivity index (χ0) is 11.7. The van der Waals surface area contributed by atoms with Crippen LogP contribution in [0.1, 0.15) is 5.69 Å². The number of nitrogens with zero attached hydrogens (tertiary/aromatic N) is 1. The summed E-state index contributed by atoms with van der Waals surface area (Å²) in [5.74, 6) is -0.245. The Morgan fingerprint density at radius 2 is 2.25 bits per heavy atom. The van der Waals surface area contributed by atoms with Gasteiger partial charge in [0.05, 0.1) is 3.57 Å². The maximum atomic E-state index is 13.4. The lowest BCUT2D eigenvalue weighted by atomic mass is 10.3. The number of benzene rings is 1. The van der Waals surface area contributed by atoms with Crippen LogP contribution < -0.4 is 5.73 Å². The summed E-state index contributed by atoms with van der Waals surface area (Å²) in [6.07, 6.45) is 0. The smallest absolute Gasteiger partial charge is 0.154 e. The molecule has 0 spiro atoms. The molecule has 2 N–H and O–H groups in total. The molecule has 1 heterocycles. The van der Waals surface area contributed by atoms with Gasteiger partial charge in [0.1, 0.15) is 5.82 Å². The van der Waals surface area contributed by atoms with Crippen LogP contribution >= 0.6 is 45.7 Å². The highest BCUT2D eigenvalue weighted by Crippen LogP contribution is 2.35. The number of thiazole rings is 1. The summed E-state index contributed by atoms with van der Waals surface area (Å²) >= 11 is 4.86. The van der Waals surface area contributed by atoms with E-state index in [0.29, 0.717) is 14.2 Å². The molecule has 0 saturated carbocycles. The van der Waals surface area contributed by atoms with Gasteiger partial charge >= 0.3 is 0 Å². The van der Waals surface area contributed by atoms with E-state index >= 15 is 0 Å². The number of rotatable bonds is 2. The second-order valence-corrected chi connectivity index (χ2v) is 6.47. The second kappa shape index (κ2) is 4.89. The Morgan fingerprint density at radius 1 is 1.50 bits per heavy atom. The van der Waals surface area contributed by atoms with Crippen molar-refractivity contribution in [2.75, 3.05) is 5.73 Å². The number of aryl methyl sites for hydroxylation is 1. The summed E-state index contributed by atoms with van der Waals surface area (Å²) in [5.41, 5.74) is 7.39. The first kappa shape index (κ1) is 12.1. The van der Waals surface area contributed by atoms with Crippen molar-refractivity contribution in [1.82, 2.24) is 4.98 Å². The highest BCUT2D eigenvalue weighted by Gasteiger charge is 2.09. The standard InChI is InChI=1S/C10H8FIN2S2/c1-5-4-15-10(14-5)16-9-2-6(11)7(12)3-8(9)13/h2-4H,13H2,1H3. The van der Waals surface area contributed by atoms with Crippen LogP contribution in [-0.2, 0) is 0 Å². The summed E-state index contributed by atoms with van der Waals surface area (Å²) in [6.45, 7) is 1.93. The minimum absolute atomic E-state index is 0.245. The van der Waals surface area contributed by atoms with Gasteiger partial charge in [0.25, 0.3) is 0 Å². The van der Waals surface area contributed by atoms with E-state index in [-0.39, 0.29) is 5.82 Å². The van der Waals surface area contributed by atoms with Crippen molar-refractivity contribution < 1.29 is 4.39 Å². The number of hydrogen-bond acceptors (Lipinski definition) is 4. The Hall–Kier alpha value is -0.340. The van der Waals surface area contributed by atoms with E-state index < -0.39 is 0 Å². The topological polar surface area (TPSA) is 38.9 Å². The van der Waals surface area contributed by atoms with Gasteiger partial charge in [-0.05, 0) is 41.6 Å². The molecule has 16 heavy (non-hydrogen) atoms. The van der Waals surface area contributed by atoms with Crippen molar-refractivity contribution in [3.8, 4) is 0 Å². The van der Waals surface area contributed by atoms with Crippen LogP contribution in [0.15, 0.2) is 26.7 Å². The van der Waals surface area contributed by atoms with Crippen LogP contribution in [0.3, 0.4) is 0 Å². The molecule has 2 rings (SSSR count). The van der Waals surface area contributed by atoms with Crippen molar-refractivity contribution in [3.05, 3.63) is 32.6 Å². The first-order chi connectivity index (χ1) is 7.56. The lowest BCUT2D eigenvalue weighted by molar-refractivity contribution is 0.617. The van der Waals surface area contributed by atoms with Gasteiger partial charge in [0, 0.05) is 21.7 Å². The molecule has 6 heteroatoms. The van der Waals surface area contributed by atoms with Gasteiger partial charge in [0.15, 0.2) is 4.34 Å². The summed E-state index contributed by atoms with van der Waals surface area (Å²) < 4.78 is 14.8. The molecule has 2 aromatic rings. The molecular formula is C10H8FIN2S2. The third-order valence-corrected chi connectivity index (χ3v) is 4.80. The maximum Gasteiger partial charge on any atom is 0.154 e. The molecule has 0 aliphatic heterocycles. The van der Waals surface area contributed by atoms with E-state index in [1.807, 2.05) is 34.9 Å². The largest absolute Gasteiger partial charge is 0.398 e. The lowest BCUT2D eigenvalue weighted by Gasteiger charge is -2.04. The Bertz CT molecular complexity index is 528. The average Bonchev–Trinajstić information content (AvgIpc) is 2.60. The molecule has 0 aliphatic rings. The fourth-order valence-electron chi connectivity index (χ4n) is 1.11.